The minimum Gasteiger partial charge on any atom is -0.493 e. The molecule has 3 rings (SSSR count). The van der Waals surface area contributed by atoms with Crippen LogP contribution in [0.15, 0.2) is 39.5 Å². The molecule has 0 bridgehead atoms. The molecule has 2 aromatic carbocycles. The fourth-order valence-electron chi connectivity index (χ4n) is 2.60. The summed E-state index contributed by atoms with van der Waals surface area (Å²) in [6, 6.07) is 7.64. The van der Waals surface area contributed by atoms with Gasteiger partial charge < -0.3 is 19.0 Å². The van der Waals surface area contributed by atoms with Crippen molar-refractivity contribution in [2.45, 2.75) is 13.0 Å². The second-order valence-corrected chi connectivity index (χ2v) is 5.43. The third-order valence-corrected chi connectivity index (χ3v) is 4.05. The van der Waals surface area contributed by atoms with Crippen LogP contribution in [0.1, 0.15) is 28.9 Å². The number of methoxy groups -OCH3 is 2. The van der Waals surface area contributed by atoms with E-state index in [1.807, 2.05) is 6.92 Å². The smallest absolute Gasteiger partial charge is 0.335 e. The van der Waals surface area contributed by atoms with Crippen molar-refractivity contribution in [2.75, 3.05) is 14.2 Å². The average Bonchev–Trinajstić information content (AvgIpc) is 2.60. The van der Waals surface area contributed by atoms with Crippen LogP contribution in [0.25, 0.3) is 21.9 Å². The highest BCUT2D eigenvalue weighted by atomic mass is 16.5. The molecule has 1 aromatic heterocycles. The number of benzene rings is 2. The minimum atomic E-state index is -1.10. The van der Waals surface area contributed by atoms with Gasteiger partial charge >= 0.3 is 5.97 Å². The monoisotopic (exact) mass is 328 g/mol. The van der Waals surface area contributed by atoms with Gasteiger partial charge in [-0.25, -0.2) is 4.79 Å². The highest BCUT2D eigenvalue weighted by Gasteiger charge is 2.17. The Hall–Kier alpha value is -2.86. The fraction of sp³-hybridized carbons (Fsp3) is 0.222. The zero-order chi connectivity index (χ0) is 17.4. The van der Waals surface area contributed by atoms with E-state index < -0.39 is 5.97 Å². The van der Waals surface area contributed by atoms with E-state index in [4.69, 9.17) is 19.0 Å². The van der Waals surface area contributed by atoms with Gasteiger partial charge in [0.15, 0.2) is 11.3 Å². The normalized spacial score (nSPS) is 12.5. The Morgan fingerprint density at radius 1 is 1.17 bits per heavy atom. The topological polar surface area (TPSA) is 86.0 Å². The lowest BCUT2D eigenvalue weighted by atomic mass is 10.0. The van der Waals surface area contributed by atoms with Crippen molar-refractivity contribution >= 4 is 27.9 Å². The van der Waals surface area contributed by atoms with Gasteiger partial charge in [0.1, 0.15) is 5.58 Å². The van der Waals surface area contributed by atoms with Crippen LogP contribution in [0, 0.1) is 0 Å². The summed E-state index contributed by atoms with van der Waals surface area (Å²) < 4.78 is 16.4. The molecule has 124 valence electrons. The predicted octanol–water partition coefficient (Wildman–Crippen LogP) is 3.36. The van der Waals surface area contributed by atoms with Gasteiger partial charge in [0.05, 0.1) is 29.5 Å². The molecule has 1 atom stereocenters. The van der Waals surface area contributed by atoms with Crippen LogP contribution in [-0.4, -0.2) is 25.3 Å². The Balaban J connectivity index is 2.41. The van der Waals surface area contributed by atoms with Crippen molar-refractivity contribution in [3.05, 3.63) is 51.7 Å². The van der Waals surface area contributed by atoms with Gasteiger partial charge in [-0.3, -0.25) is 4.79 Å². The van der Waals surface area contributed by atoms with E-state index in [1.165, 1.54) is 25.3 Å². The molecule has 24 heavy (non-hydrogen) atoms. The van der Waals surface area contributed by atoms with Crippen molar-refractivity contribution in [3.63, 3.8) is 0 Å². The summed E-state index contributed by atoms with van der Waals surface area (Å²) >= 11 is 0. The summed E-state index contributed by atoms with van der Waals surface area (Å²) in [6.45, 7) is 1.85. The molecular weight excluding hydrogens is 312 g/mol. The third kappa shape index (κ3) is 2.51. The van der Waals surface area contributed by atoms with Gasteiger partial charge in [-0.2, -0.15) is 0 Å². The largest absolute Gasteiger partial charge is 0.493 e. The second-order valence-electron chi connectivity index (χ2n) is 5.43. The quantitative estimate of drug-likeness (QED) is 0.739. The zero-order valence-electron chi connectivity index (χ0n) is 13.5. The molecule has 1 N–H and O–H groups in total. The van der Waals surface area contributed by atoms with E-state index in [9.17, 15) is 9.59 Å². The van der Waals surface area contributed by atoms with Crippen LogP contribution in [-0.2, 0) is 4.74 Å². The Bertz CT molecular complexity index is 1000. The van der Waals surface area contributed by atoms with E-state index in [0.717, 1.165) is 5.56 Å². The summed E-state index contributed by atoms with van der Waals surface area (Å²) in [5, 5.41) is 9.65. The van der Waals surface area contributed by atoms with Crippen molar-refractivity contribution < 1.29 is 23.8 Å². The van der Waals surface area contributed by atoms with Crippen LogP contribution < -0.4 is 10.2 Å². The molecule has 0 aliphatic carbocycles. The molecule has 0 saturated heterocycles. The Labute approximate surface area is 137 Å². The number of hydrogen-bond donors (Lipinski definition) is 1. The zero-order valence-corrected chi connectivity index (χ0v) is 13.5. The SMILES string of the molecule is COc1cc(C(C)OC)cc2c(=O)c3cc(C(=O)O)ccc3oc12. The molecule has 1 unspecified atom stereocenters. The summed E-state index contributed by atoms with van der Waals surface area (Å²) in [4.78, 5) is 24.0. The van der Waals surface area contributed by atoms with E-state index in [1.54, 1.807) is 19.2 Å². The number of carboxylic acid groups (broad SMARTS) is 1. The first-order chi connectivity index (χ1) is 11.5. The van der Waals surface area contributed by atoms with Gasteiger partial charge in [0.25, 0.3) is 0 Å². The minimum absolute atomic E-state index is 0.0301. The first kappa shape index (κ1) is 16.0. The number of ether oxygens (including phenoxy) is 2. The summed E-state index contributed by atoms with van der Waals surface area (Å²) in [7, 11) is 3.07. The van der Waals surface area contributed by atoms with Crippen molar-refractivity contribution in [3.8, 4) is 5.75 Å². The maximum atomic E-state index is 12.8. The van der Waals surface area contributed by atoms with Crippen molar-refractivity contribution in [1.29, 1.82) is 0 Å². The number of aromatic carboxylic acids is 1. The van der Waals surface area contributed by atoms with Crippen LogP contribution in [0.2, 0.25) is 0 Å². The second kappa shape index (κ2) is 5.98. The highest BCUT2D eigenvalue weighted by Crippen LogP contribution is 2.31. The average molecular weight is 328 g/mol. The molecular formula is C18H16O6. The summed E-state index contributed by atoms with van der Waals surface area (Å²) in [6.07, 6.45) is -0.233. The van der Waals surface area contributed by atoms with Gasteiger partial charge in [-0.1, -0.05) is 0 Å². The van der Waals surface area contributed by atoms with Crippen LogP contribution in [0.4, 0.5) is 0 Å². The lowest BCUT2D eigenvalue weighted by Gasteiger charge is -2.13. The summed E-state index contributed by atoms with van der Waals surface area (Å²) in [5.41, 5.74) is 1.12. The fourth-order valence-corrected chi connectivity index (χ4v) is 2.60. The molecule has 3 aromatic rings. The number of hydrogen-bond acceptors (Lipinski definition) is 5. The molecule has 0 aliphatic rings. The molecule has 1 heterocycles. The lowest BCUT2D eigenvalue weighted by molar-refractivity contribution is 0.0697. The Morgan fingerprint density at radius 3 is 2.54 bits per heavy atom. The highest BCUT2D eigenvalue weighted by molar-refractivity contribution is 5.97. The van der Waals surface area contributed by atoms with E-state index in [2.05, 4.69) is 0 Å². The first-order valence-corrected chi connectivity index (χ1v) is 7.31. The van der Waals surface area contributed by atoms with E-state index in [-0.39, 0.29) is 22.5 Å². The molecule has 0 spiro atoms. The molecule has 0 saturated carbocycles. The molecule has 0 radical (unpaired) electrons. The van der Waals surface area contributed by atoms with Gasteiger partial charge in [-0.05, 0) is 42.8 Å². The number of carbonyl (C=O) groups is 1. The molecule has 6 nitrogen and oxygen atoms in total. The van der Waals surface area contributed by atoms with Crippen LogP contribution in [0.5, 0.6) is 5.75 Å². The number of fused-ring (bicyclic) bond motifs is 2. The van der Waals surface area contributed by atoms with Crippen LogP contribution >= 0.6 is 0 Å². The number of rotatable bonds is 4. The van der Waals surface area contributed by atoms with Crippen molar-refractivity contribution in [2.24, 2.45) is 0 Å². The van der Waals surface area contributed by atoms with Gasteiger partial charge in [0.2, 0.25) is 5.43 Å². The maximum Gasteiger partial charge on any atom is 0.335 e. The molecule has 0 amide bonds. The number of carboxylic acids is 1. The summed E-state index contributed by atoms with van der Waals surface area (Å²) in [5.74, 6) is -0.677. The third-order valence-electron chi connectivity index (χ3n) is 4.05. The maximum absolute atomic E-state index is 12.8. The molecule has 0 aliphatic heterocycles. The molecule has 6 heteroatoms. The Kier molecular flexibility index (Phi) is 3.99. The van der Waals surface area contributed by atoms with E-state index >= 15 is 0 Å². The van der Waals surface area contributed by atoms with Gasteiger partial charge in [0, 0.05) is 7.11 Å². The lowest BCUT2D eigenvalue weighted by Crippen LogP contribution is -2.07. The first-order valence-electron chi connectivity index (χ1n) is 7.31. The molecule has 0 fully saturated rings. The van der Waals surface area contributed by atoms with Crippen molar-refractivity contribution in [1.82, 2.24) is 0 Å². The van der Waals surface area contributed by atoms with Crippen LogP contribution in [0.3, 0.4) is 0 Å². The van der Waals surface area contributed by atoms with E-state index in [0.29, 0.717) is 22.3 Å². The van der Waals surface area contributed by atoms with Gasteiger partial charge in [-0.15, -0.1) is 0 Å². The predicted molar refractivity (Wildman–Crippen MR) is 88.9 cm³/mol. The Morgan fingerprint density at radius 2 is 1.92 bits per heavy atom. The standard InChI is InChI=1S/C18H16O6/c1-9(22-2)11-7-13-16(19)12-6-10(18(20)21)4-5-14(12)24-17(13)15(8-11)23-3/h4-9H,1-3H3,(H,20,21).